The van der Waals surface area contributed by atoms with Crippen molar-refractivity contribution in [3.63, 3.8) is 0 Å². The summed E-state index contributed by atoms with van der Waals surface area (Å²) in [6.07, 6.45) is 3.01. The Balaban J connectivity index is 1.92. The molecule has 0 aromatic carbocycles. The molecule has 0 amide bonds. The average molecular weight is 194 g/mol. The summed E-state index contributed by atoms with van der Waals surface area (Å²) in [7, 11) is 0. The molecule has 0 spiro atoms. The first-order valence-electron chi connectivity index (χ1n) is 5.32. The van der Waals surface area contributed by atoms with Crippen LogP contribution in [0.1, 0.15) is 17.7 Å². The molecule has 1 aliphatic heterocycles. The molecule has 0 radical (unpaired) electrons. The van der Waals surface area contributed by atoms with Crippen molar-refractivity contribution >= 4 is 0 Å². The summed E-state index contributed by atoms with van der Waals surface area (Å²) in [6.45, 7) is 7.61. The maximum Gasteiger partial charge on any atom is 0.120 e. The Morgan fingerprint density at radius 1 is 1.43 bits per heavy atom. The first kappa shape index (κ1) is 9.74. The van der Waals surface area contributed by atoms with Crippen LogP contribution in [0.4, 0.5) is 0 Å². The lowest BCUT2D eigenvalue weighted by atomic mass is 10.2. The molecule has 2 rings (SSSR count). The number of aryl methyl sites for hydroxylation is 1. The fraction of sp³-hybridized carbons (Fsp3) is 0.636. The van der Waals surface area contributed by atoms with Gasteiger partial charge in [-0.2, -0.15) is 0 Å². The van der Waals surface area contributed by atoms with E-state index in [2.05, 4.69) is 17.1 Å². The molecule has 1 aromatic rings. The second-order valence-corrected chi connectivity index (χ2v) is 3.91. The third kappa shape index (κ3) is 2.36. The number of rotatable bonds is 2. The Morgan fingerprint density at radius 3 is 3.14 bits per heavy atom. The minimum Gasteiger partial charge on any atom is -0.468 e. The Bertz CT molecular complexity index is 275. The van der Waals surface area contributed by atoms with Crippen molar-refractivity contribution in [1.82, 2.24) is 10.2 Å². The van der Waals surface area contributed by atoms with Crippen molar-refractivity contribution < 1.29 is 4.42 Å². The second kappa shape index (κ2) is 4.62. The summed E-state index contributed by atoms with van der Waals surface area (Å²) in [5.74, 6) is 1.12. The van der Waals surface area contributed by atoms with Crippen LogP contribution in [-0.2, 0) is 6.54 Å². The van der Waals surface area contributed by atoms with Gasteiger partial charge < -0.3 is 9.73 Å². The van der Waals surface area contributed by atoms with E-state index >= 15 is 0 Å². The van der Waals surface area contributed by atoms with Gasteiger partial charge in [-0.05, 0) is 38.1 Å². The molecule has 0 atom stereocenters. The van der Waals surface area contributed by atoms with Crippen LogP contribution in [-0.4, -0.2) is 31.1 Å². The van der Waals surface area contributed by atoms with Crippen LogP contribution in [0.5, 0.6) is 0 Å². The summed E-state index contributed by atoms with van der Waals surface area (Å²) < 4.78 is 5.45. The van der Waals surface area contributed by atoms with Crippen LogP contribution < -0.4 is 5.32 Å². The molecule has 14 heavy (non-hydrogen) atoms. The van der Waals surface area contributed by atoms with Gasteiger partial charge in [0.05, 0.1) is 12.8 Å². The molecular weight excluding hydrogens is 176 g/mol. The third-order valence-electron chi connectivity index (χ3n) is 2.77. The summed E-state index contributed by atoms with van der Waals surface area (Å²) in [6, 6.07) is 2.03. The number of nitrogens with zero attached hydrogens (tertiary/aromatic N) is 1. The third-order valence-corrected chi connectivity index (χ3v) is 2.77. The number of furan rings is 1. The molecule has 3 heteroatoms. The lowest BCUT2D eigenvalue weighted by Crippen LogP contribution is -2.27. The average Bonchev–Trinajstić information content (AvgIpc) is 2.44. The largest absolute Gasteiger partial charge is 0.468 e. The van der Waals surface area contributed by atoms with Gasteiger partial charge in [-0.25, -0.2) is 0 Å². The van der Waals surface area contributed by atoms with Gasteiger partial charge in [0, 0.05) is 13.1 Å². The van der Waals surface area contributed by atoms with E-state index in [1.54, 1.807) is 6.26 Å². The van der Waals surface area contributed by atoms with Crippen molar-refractivity contribution in [1.29, 1.82) is 0 Å². The van der Waals surface area contributed by atoms with Gasteiger partial charge in [-0.1, -0.05) is 0 Å². The van der Waals surface area contributed by atoms with E-state index in [0.29, 0.717) is 0 Å². The van der Waals surface area contributed by atoms with E-state index in [9.17, 15) is 0 Å². The van der Waals surface area contributed by atoms with E-state index in [-0.39, 0.29) is 0 Å². The highest BCUT2D eigenvalue weighted by Gasteiger charge is 2.11. The maximum absolute atomic E-state index is 5.45. The van der Waals surface area contributed by atoms with Gasteiger partial charge in [0.2, 0.25) is 0 Å². The summed E-state index contributed by atoms with van der Waals surface area (Å²) in [5, 5.41) is 3.40. The van der Waals surface area contributed by atoms with Crippen LogP contribution in [0, 0.1) is 6.92 Å². The number of nitrogens with one attached hydrogen (secondary N) is 1. The van der Waals surface area contributed by atoms with Crippen molar-refractivity contribution in [3.05, 3.63) is 23.7 Å². The monoisotopic (exact) mass is 194 g/mol. The first-order chi connectivity index (χ1) is 6.86. The molecule has 78 valence electrons. The van der Waals surface area contributed by atoms with Gasteiger partial charge in [-0.15, -0.1) is 0 Å². The highest BCUT2D eigenvalue weighted by atomic mass is 16.3. The molecular formula is C11H18N2O. The molecule has 1 aliphatic rings. The SMILES string of the molecule is Cc1ccoc1CN1CCCNCC1. The van der Waals surface area contributed by atoms with Gasteiger partial charge >= 0.3 is 0 Å². The lowest BCUT2D eigenvalue weighted by Gasteiger charge is -2.18. The van der Waals surface area contributed by atoms with Gasteiger partial charge in [0.1, 0.15) is 5.76 Å². The summed E-state index contributed by atoms with van der Waals surface area (Å²) in [4.78, 5) is 2.45. The molecule has 0 unspecified atom stereocenters. The number of hydrogen-bond donors (Lipinski definition) is 1. The zero-order valence-electron chi connectivity index (χ0n) is 8.75. The van der Waals surface area contributed by atoms with E-state index in [4.69, 9.17) is 4.42 Å². The van der Waals surface area contributed by atoms with Crippen LogP contribution >= 0.6 is 0 Å². The van der Waals surface area contributed by atoms with E-state index in [1.165, 1.54) is 18.5 Å². The molecule has 1 fully saturated rings. The van der Waals surface area contributed by atoms with Crippen LogP contribution in [0.25, 0.3) is 0 Å². The van der Waals surface area contributed by atoms with Crippen molar-refractivity contribution in [2.24, 2.45) is 0 Å². The van der Waals surface area contributed by atoms with Gasteiger partial charge in [-0.3, -0.25) is 4.90 Å². The van der Waals surface area contributed by atoms with Crippen molar-refractivity contribution in [3.8, 4) is 0 Å². The first-order valence-corrected chi connectivity index (χ1v) is 5.32. The van der Waals surface area contributed by atoms with E-state index in [0.717, 1.165) is 31.9 Å². The summed E-state index contributed by atoms with van der Waals surface area (Å²) >= 11 is 0. The molecule has 1 N–H and O–H groups in total. The molecule has 0 saturated carbocycles. The van der Waals surface area contributed by atoms with Crippen LogP contribution in [0.2, 0.25) is 0 Å². The fourth-order valence-electron chi connectivity index (χ4n) is 1.83. The predicted molar refractivity (Wildman–Crippen MR) is 56.2 cm³/mol. The zero-order valence-corrected chi connectivity index (χ0v) is 8.75. The molecule has 1 saturated heterocycles. The highest BCUT2D eigenvalue weighted by molar-refractivity contribution is 5.14. The molecule has 3 nitrogen and oxygen atoms in total. The molecule has 0 aliphatic carbocycles. The standard InChI is InChI=1S/C11H18N2O/c1-10-3-8-14-11(10)9-13-6-2-4-12-5-7-13/h3,8,12H,2,4-7,9H2,1H3. The Labute approximate surface area is 85.1 Å². The van der Waals surface area contributed by atoms with Crippen molar-refractivity contribution in [2.75, 3.05) is 26.2 Å². The minimum absolute atomic E-state index is 0.959. The van der Waals surface area contributed by atoms with Gasteiger partial charge in [0.15, 0.2) is 0 Å². The van der Waals surface area contributed by atoms with Gasteiger partial charge in [0.25, 0.3) is 0 Å². The normalized spacial score (nSPS) is 19.5. The molecule has 2 heterocycles. The molecule has 1 aromatic heterocycles. The zero-order chi connectivity index (χ0) is 9.80. The van der Waals surface area contributed by atoms with E-state index < -0.39 is 0 Å². The molecule has 0 bridgehead atoms. The van der Waals surface area contributed by atoms with Crippen LogP contribution in [0.15, 0.2) is 16.7 Å². The fourth-order valence-corrected chi connectivity index (χ4v) is 1.83. The minimum atomic E-state index is 0.959. The van der Waals surface area contributed by atoms with Crippen LogP contribution in [0.3, 0.4) is 0 Å². The quantitative estimate of drug-likeness (QED) is 0.771. The Kier molecular flexibility index (Phi) is 3.22. The topological polar surface area (TPSA) is 28.4 Å². The smallest absolute Gasteiger partial charge is 0.120 e. The Morgan fingerprint density at radius 2 is 2.36 bits per heavy atom. The lowest BCUT2D eigenvalue weighted by molar-refractivity contribution is 0.258. The predicted octanol–water partition coefficient (Wildman–Crippen LogP) is 1.38. The highest BCUT2D eigenvalue weighted by Crippen LogP contribution is 2.12. The van der Waals surface area contributed by atoms with Crippen molar-refractivity contribution in [2.45, 2.75) is 19.9 Å². The Hall–Kier alpha value is -0.800. The van der Waals surface area contributed by atoms with E-state index in [1.807, 2.05) is 6.07 Å². The maximum atomic E-state index is 5.45. The number of hydrogen-bond acceptors (Lipinski definition) is 3. The second-order valence-electron chi connectivity index (χ2n) is 3.91. The summed E-state index contributed by atoms with van der Waals surface area (Å²) in [5.41, 5.74) is 1.27.